The Hall–Kier alpha value is -3.79. The summed E-state index contributed by atoms with van der Waals surface area (Å²) in [7, 11) is 0. The van der Waals surface area contributed by atoms with E-state index in [1.807, 2.05) is 30.3 Å². The molecule has 0 aromatic heterocycles. The number of carbonyl (C=O) groups is 1. The fraction of sp³-hybridized carbons (Fsp3) is 0.231. The number of nitrogens with one attached hydrogen (secondary N) is 1. The largest absolute Gasteiger partial charge is 0.486 e. The van der Waals surface area contributed by atoms with Gasteiger partial charge in [-0.2, -0.15) is 18.4 Å². The molecule has 7 heteroatoms. The molecule has 4 nitrogen and oxygen atoms in total. The Morgan fingerprint density at radius 2 is 1.85 bits per heavy atom. The van der Waals surface area contributed by atoms with Crippen LogP contribution in [0.4, 0.5) is 13.2 Å². The van der Waals surface area contributed by atoms with Gasteiger partial charge in [0.25, 0.3) is 5.91 Å². The van der Waals surface area contributed by atoms with E-state index in [4.69, 9.17) is 10.00 Å². The van der Waals surface area contributed by atoms with Gasteiger partial charge >= 0.3 is 6.18 Å². The summed E-state index contributed by atoms with van der Waals surface area (Å²) in [6.07, 6.45) is -3.08. The second-order valence-corrected chi connectivity index (χ2v) is 7.83. The number of aryl methyl sites for hydroxylation is 1. The average molecular weight is 450 g/mol. The molecule has 1 aliphatic carbocycles. The van der Waals surface area contributed by atoms with Crippen molar-refractivity contribution in [2.45, 2.75) is 31.5 Å². The molecule has 0 saturated carbocycles. The lowest BCUT2D eigenvalue weighted by Gasteiger charge is -2.17. The first-order valence-corrected chi connectivity index (χ1v) is 10.6. The standard InChI is InChI=1S/C26H21F3N2O2/c27-26(28,29)21-6-2-7-22(16-21)33-24-11-10-17-8-9-19(15-23(17)24)18-4-1-5-20(14-18)25(32)31-13-3-12-30/h1-2,4-9,14-16,24H,3,10-11,13H2,(H,31,32). The molecule has 33 heavy (non-hydrogen) atoms. The summed E-state index contributed by atoms with van der Waals surface area (Å²) < 4.78 is 45.1. The molecule has 1 unspecified atom stereocenters. The molecule has 168 valence electrons. The number of nitrogens with zero attached hydrogens (tertiary/aromatic N) is 1. The lowest BCUT2D eigenvalue weighted by atomic mass is 9.98. The maximum atomic E-state index is 13.0. The van der Waals surface area contributed by atoms with Crippen LogP contribution in [0.3, 0.4) is 0 Å². The first-order chi connectivity index (χ1) is 15.8. The Morgan fingerprint density at radius 1 is 1.06 bits per heavy atom. The minimum absolute atomic E-state index is 0.184. The van der Waals surface area contributed by atoms with Crippen LogP contribution in [0, 0.1) is 11.3 Å². The van der Waals surface area contributed by atoms with Gasteiger partial charge in [0.2, 0.25) is 0 Å². The van der Waals surface area contributed by atoms with Gasteiger partial charge in [-0.05, 0) is 71.5 Å². The summed E-state index contributed by atoms with van der Waals surface area (Å²) in [4.78, 5) is 12.3. The molecular formula is C26H21F3N2O2. The molecule has 3 aromatic rings. The molecule has 3 aromatic carbocycles. The van der Waals surface area contributed by atoms with Gasteiger partial charge in [0, 0.05) is 12.1 Å². The first-order valence-electron chi connectivity index (χ1n) is 10.6. The summed E-state index contributed by atoms with van der Waals surface area (Å²) in [6.45, 7) is 0.285. The summed E-state index contributed by atoms with van der Waals surface area (Å²) >= 11 is 0. The summed E-state index contributed by atoms with van der Waals surface area (Å²) in [5.74, 6) is -0.0665. The molecule has 0 aliphatic heterocycles. The number of amides is 1. The monoisotopic (exact) mass is 450 g/mol. The predicted molar refractivity (Wildman–Crippen MR) is 118 cm³/mol. The molecule has 0 fully saturated rings. The van der Waals surface area contributed by atoms with Gasteiger partial charge in [-0.25, -0.2) is 0 Å². The maximum Gasteiger partial charge on any atom is 0.416 e. The number of rotatable bonds is 6. The zero-order valence-electron chi connectivity index (χ0n) is 17.7. The van der Waals surface area contributed by atoms with Crippen LogP contribution in [0.2, 0.25) is 0 Å². The number of carbonyl (C=O) groups excluding carboxylic acids is 1. The molecule has 0 heterocycles. The number of benzene rings is 3. The van der Waals surface area contributed by atoms with E-state index in [2.05, 4.69) is 5.32 Å². The molecule has 1 aliphatic rings. The van der Waals surface area contributed by atoms with Gasteiger partial charge in [-0.1, -0.05) is 30.3 Å². The Bertz CT molecular complexity index is 1210. The van der Waals surface area contributed by atoms with Crippen molar-refractivity contribution in [1.82, 2.24) is 5.32 Å². The third kappa shape index (κ3) is 5.17. The van der Waals surface area contributed by atoms with Gasteiger partial charge in [0.15, 0.2) is 0 Å². The van der Waals surface area contributed by atoms with Crippen LogP contribution in [0.1, 0.15) is 46.0 Å². The molecule has 0 radical (unpaired) electrons. The Morgan fingerprint density at radius 3 is 2.64 bits per heavy atom. The lowest BCUT2D eigenvalue weighted by molar-refractivity contribution is -0.137. The Kier molecular flexibility index (Phi) is 6.36. The van der Waals surface area contributed by atoms with E-state index in [9.17, 15) is 18.0 Å². The van der Waals surface area contributed by atoms with Gasteiger partial charge < -0.3 is 10.1 Å². The van der Waals surface area contributed by atoms with Crippen molar-refractivity contribution < 1.29 is 22.7 Å². The predicted octanol–water partition coefficient (Wildman–Crippen LogP) is 6.08. The van der Waals surface area contributed by atoms with Gasteiger partial charge in [0.1, 0.15) is 11.9 Å². The lowest BCUT2D eigenvalue weighted by Crippen LogP contribution is -2.24. The highest BCUT2D eigenvalue weighted by Crippen LogP contribution is 2.39. The fourth-order valence-corrected chi connectivity index (χ4v) is 3.95. The first kappa shape index (κ1) is 22.4. The minimum Gasteiger partial charge on any atom is -0.486 e. The van der Waals surface area contributed by atoms with Crippen molar-refractivity contribution in [3.63, 3.8) is 0 Å². The van der Waals surface area contributed by atoms with Crippen molar-refractivity contribution in [2.75, 3.05) is 6.54 Å². The van der Waals surface area contributed by atoms with E-state index in [1.165, 1.54) is 12.1 Å². The summed E-state index contributed by atoms with van der Waals surface area (Å²) in [5, 5.41) is 11.3. The minimum atomic E-state index is -4.42. The fourth-order valence-electron chi connectivity index (χ4n) is 3.95. The Labute approximate surface area is 189 Å². The number of nitriles is 1. The topological polar surface area (TPSA) is 62.1 Å². The number of ether oxygens (including phenoxy) is 1. The quantitative estimate of drug-likeness (QED) is 0.463. The van der Waals surface area contributed by atoms with E-state index >= 15 is 0 Å². The molecule has 1 amide bonds. The van der Waals surface area contributed by atoms with Crippen molar-refractivity contribution in [1.29, 1.82) is 5.26 Å². The highest BCUT2D eigenvalue weighted by Gasteiger charge is 2.31. The molecular weight excluding hydrogens is 429 g/mol. The average Bonchev–Trinajstić information content (AvgIpc) is 3.21. The SMILES string of the molecule is N#CCCNC(=O)c1cccc(-c2ccc3c(c2)C(Oc2cccc(C(F)(F)F)c2)CC3)c1. The van der Waals surface area contributed by atoms with Crippen LogP contribution >= 0.6 is 0 Å². The van der Waals surface area contributed by atoms with Crippen molar-refractivity contribution in [2.24, 2.45) is 0 Å². The summed E-state index contributed by atoms with van der Waals surface area (Å²) in [5.41, 5.74) is 3.52. The zero-order valence-corrected chi connectivity index (χ0v) is 17.7. The van der Waals surface area contributed by atoms with Crippen LogP contribution in [0.5, 0.6) is 5.75 Å². The zero-order chi connectivity index (χ0) is 23.4. The van der Waals surface area contributed by atoms with Crippen LogP contribution in [0.25, 0.3) is 11.1 Å². The molecule has 1 N–H and O–H groups in total. The van der Waals surface area contributed by atoms with Crippen molar-refractivity contribution in [3.8, 4) is 22.9 Å². The summed E-state index contributed by atoms with van der Waals surface area (Å²) in [6, 6.07) is 20.0. The van der Waals surface area contributed by atoms with Crippen LogP contribution in [-0.2, 0) is 12.6 Å². The highest BCUT2D eigenvalue weighted by molar-refractivity contribution is 5.95. The van der Waals surface area contributed by atoms with E-state index in [1.54, 1.807) is 18.2 Å². The smallest absolute Gasteiger partial charge is 0.416 e. The number of halogens is 3. The maximum absolute atomic E-state index is 13.0. The van der Waals surface area contributed by atoms with E-state index in [-0.39, 0.29) is 30.7 Å². The van der Waals surface area contributed by atoms with Crippen LogP contribution < -0.4 is 10.1 Å². The third-order valence-electron chi connectivity index (χ3n) is 5.59. The number of hydrogen-bond acceptors (Lipinski definition) is 3. The van der Waals surface area contributed by atoms with Gasteiger partial charge in [0.05, 0.1) is 18.1 Å². The molecule has 1 atom stereocenters. The second-order valence-electron chi connectivity index (χ2n) is 7.83. The van der Waals surface area contributed by atoms with Crippen LogP contribution in [-0.4, -0.2) is 12.5 Å². The van der Waals surface area contributed by atoms with E-state index < -0.39 is 11.7 Å². The Balaban J connectivity index is 1.56. The molecule has 0 bridgehead atoms. The van der Waals surface area contributed by atoms with Crippen molar-refractivity contribution in [3.05, 3.63) is 89.0 Å². The van der Waals surface area contributed by atoms with Gasteiger partial charge in [-0.3, -0.25) is 4.79 Å². The molecule has 4 rings (SSSR count). The third-order valence-corrected chi connectivity index (χ3v) is 5.59. The second kappa shape index (κ2) is 9.37. The number of fused-ring (bicyclic) bond motifs is 1. The number of alkyl halides is 3. The molecule has 0 spiro atoms. The van der Waals surface area contributed by atoms with Crippen molar-refractivity contribution >= 4 is 5.91 Å². The number of hydrogen-bond donors (Lipinski definition) is 1. The molecule has 0 saturated heterocycles. The van der Waals surface area contributed by atoms with Gasteiger partial charge in [-0.15, -0.1) is 0 Å². The van der Waals surface area contributed by atoms with Crippen LogP contribution in [0.15, 0.2) is 66.7 Å². The van der Waals surface area contributed by atoms with E-state index in [0.717, 1.165) is 40.8 Å². The van der Waals surface area contributed by atoms with E-state index in [0.29, 0.717) is 12.0 Å². The normalized spacial score (nSPS) is 14.9. The highest BCUT2D eigenvalue weighted by atomic mass is 19.4.